The highest BCUT2D eigenvalue weighted by molar-refractivity contribution is 5.93. The van der Waals surface area contributed by atoms with Crippen LogP contribution in [0.3, 0.4) is 0 Å². The summed E-state index contributed by atoms with van der Waals surface area (Å²) in [7, 11) is 2.15. The summed E-state index contributed by atoms with van der Waals surface area (Å²) >= 11 is 0. The van der Waals surface area contributed by atoms with E-state index in [-0.39, 0.29) is 11.8 Å². The third kappa shape index (κ3) is 4.46. The first kappa shape index (κ1) is 20.5. The van der Waals surface area contributed by atoms with Crippen LogP contribution in [0.15, 0.2) is 36.7 Å². The number of carbonyl (C=O) groups is 1. The lowest BCUT2D eigenvalue weighted by Crippen LogP contribution is -2.18. The van der Waals surface area contributed by atoms with Gasteiger partial charge in [-0.05, 0) is 69.5 Å². The van der Waals surface area contributed by atoms with Crippen LogP contribution in [-0.4, -0.2) is 52.1 Å². The van der Waals surface area contributed by atoms with Gasteiger partial charge in [0.1, 0.15) is 11.4 Å². The van der Waals surface area contributed by atoms with Crippen LogP contribution in [0, 0.1) is 23.7 Å². The Bertz CT molecular complexity index is 1220. The minimum absolute atomic E-state index is 0.0544. The molecule has 1 aliphatic carbocycles. The molecule has 4 heterocycles. The lowest BCUT2D eigenvalue weighted by molar-refractivity contribution is -0.117. The smallest absolute Gasteiger partial charge is 0.228 e. The molecule has 3 aromatic rings. The number of likely N-dealkylation sites (tertiary alicyclic amines) is 1. The summed E-state index contributed by atoms with van der Waals surface area (Å²) in [4.78, 5) is 18.9. The van der Waals surface area contributed by atoms with Crippen LogP contribution < -0.4 is 10.1 Å². The molecule has 2 aliphatic rings. The first-order valence-corrected chi connectivity index (χ1v) is 11.1. The Morgan fingerprint density at radius 3 is 2.91 bits per heavy atom. The monoisotopic (exact) mass is 429 g/mol. The maximum Gasteiger partial charge on any atom is 0.228 e. The molecule has 0 radical (unpaired) electrons. The van der Waals surface area contributed by atoms with E-state index < -0.39 is 0 Å². The second-order valence-electron chi connectivity index (χ2n) is 8.75. The van der Waals surface area contributed by atoms with E-state index in [2.05, 4.69) is 45.3 Å². The van der Waals surface area contributed by atoms with E-state index in [1.807, 2.05) is 24.4 Å². The van der Waals surface area contributed by atoms with E-state index in [1.165, 1.54) is 0 Å². The Balaban J connectivity index is 1.43. The van der Waals surface area contributed by atoms with Crippen LogP contribution in [0.2, 0.25) is 0 Å². The molecule has 0 unspecified atom stereocenters. The highest BCUT2D eigenvalue weighted by atomic mass is 16.5. The van der Waals surface area contributed by atoms with Crippen LogP contribution in [0.25, 0.3) is 16.6 Å². The van der Waals surface area contributed by atoms with Crippen molar-refractivity contribution in [1.29, 1.82) is 0 Å². The summed E-state index contributed by atoms with van der Waals surface area (Å²) in [5, 5.41) is 7.39. The standard InChI is InChI=1S/C25H27N5O2/c1-3-4-20-12-22(23(14-26-20)32-16-17-7-9-29(2)15-17)19-8-10-30-21(11-19)13-24(28-30)27-25(31)18-5-6-18/h8,10-14,17-18H,5-7,9,15-16H2,1-2H3,(H,27,28,31)/t17-/m1/s1. The molecular formula is C25H27N5O2. The van der Waals surface area contributed by atoms with Gasteiger partial charge in [0.2, 0.25) is 5.91 Å². The molecule has 0 bridgehead atoms. The molecule has 5 rings (SSSR count). The van der Waals surface area contributed by atoms with Crippen LogP contribution in [-0.2, 0) is 4.79 Å². The molecule has 0 aromatic carbocycles. The summed E-state index contributed by atoms with van der Waals surface area (Å²) in [5.41, 5.74) is 3.56. The van der Waals surface area contributed by atoms with E-state index in [4.69, 9.17) is 4.74 Å². The molecular weight excluding hydrogens is 402 g/mol. The van der Waals surface area contributed by atoms with Crippen LogP contribution in [0.5, 0.6) is 5.75 Å². The number of ether oxygens (including phenoxy) is 1. The molecule has 1 atom stereocenters. The zero-order valence-corrected chi connectivity index (χ0v) is 18.5. The SMILES string of the molecule is CC#Cc1cc(-c2ccn3nc(NC(=O)C4CC4)cc3c2)c(OC[C@@H]2CCN(C)C2)cn1. The quantitative estimate of drug-likeness (QED) is 0.608. The van der Waals surface area contributed by atoms with Gasteiger partial charge in [-0.3, -0.25) is 4.79 Å². The number of hydrogen-bond donors (Lipinski definition) is 1. The average molecular weight is 430 g/mol. The summed E-state index contributed by atoms with van der Waals surface area (Å²) in [6.45, 7) is 4.64. The zero-order valence-electron chi connectivity index (χ0n) is 18.5. The Kier molecular flexibility index (Phi) is 5.54. The van der Waals surface area contributed by atoms with E-state index in [0.717, 1.165) is 54.7 Å². The van der Waals surface area contributed by atoms with Gasteiger partial charge in [-0.15, -0.1) is 0 Å². The van der Waals surface area contributed by atoms with E-state index >= 15 is 0 Å². The van der Waals surface area contributed by atoms with E-state index in [1.54, 1.807) is 17.6 Å². The second-order valence-corrected chi connectivity index (χ2v) is 8.75. The Morgan fingerprint density at radius 1 is 1.28 bits per heavy atom. The summed E-state index contributed by atoms with van der Waals surface area (Å²) in [6.07, 6.45) is 6.76. The van der Waals surface area contributed by atoms with Crippen molar-refractivity contribution in [2.75, 3.05) is 32.1 Å². The van der Waals surface area contributed by atoms with Gasteiger partial charge >= 0.3 is 0 Å². The molecule has 1 amide bonds. The molecule has 164 valence electrons. The third-order valence-electron chi connectivity index (χ3n) is 6.06. The molecule has 2 fully saturated rings. The van der Waals surface area contributed by atoms with Crippen LogP contribution in [0.1, 0.15) is 31.9 Å². The van der Waals surface area contributed by atoms with Crippen molar-refractivity contribution in [3.8, 4) is 28.7 Å². The first-order chi connectivity index (χ1) is 15.6. The van der Waals surface area contributed by atoms with Crippen molar-refractivity contribution >= 4 is 17.2 Å². The number of nitrogens with zero attached hydrogens (tertiary/aromatic N) is 4. The van der Waals surface area contributed by atoms with Crippen molar-refractivity contribution in [1.82, 2.24) is 19.5 Å². The number of aromatic nitrogens is 3. The van der Waals surface area contributed by atoms with Gasteiger partial charge in [-0.2, -0.15) is 5.10 Å². The normalized spacial score (nSPS) is 18.4. The molecule has 1 N–H and O–H groups in total. The Labute approximate surface area is 187 Å². The van der Waals surface area contributed by atoms with E-state index in [0.29, 0.717) is 24.0 Å². The van der Waals surface area contributed by atoms with Crippen LogP contribution in [0.4, 0.5) is 5.82 Å². The van der Waals surface area contributed by atoms with Gasteiger partial charge in [0.05, 0.1) is 18.3 Å². The first-order valence-electron chi connectivity index (χ1n) is 11.1. The zero-order chi connectivity index (χ0) is 22.1. The fourth-order valence-electron chi connectivity index (χ4n) is 4.15. The van der Waals surface area contributed by atoms with Crippen molar-refractivity contribution in [2.24, 2.45) is 11.8 Å². The molecule has 7 heteroatoms. The number of pyridine rings is 2. The number of fused-ring (bicyclic) bond motifs is 1. The maximum absolute atomic E-state index is 12.1. The highest BCUT2D eigenvalue weighted by Gasteiger charge is 2.30. The number of nitrogens with one attached hydrogen (secondary N) is 1. The number of rotatable bonds is 6. The molecule has 3 aromatic heterocycles. The summed E-state index contributed by atoms with van der Waals surface area (Å²) in [5.74, 6) is 8.01. The molecule has 1 aliphatic heterocycles. The summed E-state index contributed by atoms with van der Waals surface area (Å²) < 4.78 is 8.02. The minimum Gasteiger partial charge on any atom is -0.491 e. The Hall–Kier alpha value is -3.37. The highest BCUT2D eigenvalue weighted by Crippen LogP contribution is 2.33. The number of amides is 1. The van der Waals surface area contributed by atoms with Gasteiger partial charge in [-0.25, -0.2) is 9.50 Å². The molecule has 0 spiro atoms. The molecule has 1 saturated carbocycles. The van der Waals surface area contributed by atoms with Crippen molar-refractivity contribution < 1.29 is 9.53 Å². The lowest BCUT2D eigenvalue weighted by Gasteiger charge is -2.15. The van der Waals surface area contributed by atoms with Crippen molar-refractivity contribution in [3.05, 3.63) is 42.4 Å². The van der Waals surface area contributed by atoms with Gasteiger partial charge in [0.25, 0.3) is 0 Å². The average Bonchev–Trinajstić information content (AvgIpc) is 3.44. The maximum atomic E-state index is 12.1. The fourth-order valence-corrected chi connectivity index (χ4v) is 4.15. The summed E-state index contributed by atoms with van der Waals surface area (Å²) in [6, 6.07) is 7.92. The minimum atomic E-state index is 0.0544. The lowest BCUT2D eigenvalue weighted by atomic mass is 10.1. The van der Waals surface area contributed by atoms with Crippen LogP contribution >= 0.6 is 0 Å². The number of hydrogen-bond acceptors (Lipinski definition) is 5. The molecule has 32 heavy (non-hydrogen) atoms. The number of anilines is 1. The van der Waals surface area contributed by atoms with Gasteiger partial charge in [0, 0.05) is 36.2 Å². The number of carbonyl (C=O) groups excluding carboxylic acids is 1. The van der Waals surface area contributed by atoms with Crippen molar-refractivity contribution in [3.63, 3.8) is 0 Å². The third-order valence-corrected chi connectivity index (χ3v) is 6.06. The van der Waals surface area contributed by atoms with Crippen molar-refractivity contribution in [2.45, 2.75) is 26.2 Å². The fraction of sp³-hybridized carbons (Fsp3) is 0.400. The van der Waals surface area contributed by atoms with Gasteiger partial charge in [0.15, 0.2) is 5.82 Å². The molecule has 1 saturated heterocycles. The topological polar surface area (TPSA) is 71.8 Å². The largest absolute Gasteiger partial charge is 0.491 e. The van der Waals surface area contributed by atoms with E-state index in [9.17, 15) is 4.79 Å². The Morgan fingerprint density at radius 2 is 2.16 bits per heavy atom. The van der Waals surface area contributed by atoms with Gasteiger partial charge < -0.3 is 15.0 Å². The predicted molar refractivity (Wildman–Crippen MR) is 123 cm³/mol. The second kappa shape index (κ2) is 8.64. The predicted octanol–water partition coefficient (Wildman–Crippen LogP) is 3.45. The van der Waals surface area contributed by atoms with Gasteiger partial charge in [-0.1, -0.05) is 5.92 Å². The molecule has 7 nitrogen and oxygen atoms in total.